The van der Waals surface area contributed by atoms with Crippen LogP contribution in [0.2, 0.25) is 10.3 Å². The maximum absolute atomic E-state index is 13.9. The molecule has 0 unspecified atom stereocenters. The molecule has 11 heteroatoms. The first-order valence-corrected chi connectivity index (χ1v) is 10.1. The monoisotopic (exact) mass is 457 g/mol. The van der Waals surface area contributed by atoms with Gasteiger partial charge in [0, 0.05) is 17.8 Å². The highest BCUT2D eigenvalue weighted by atomic mass is 35.5. The van der Waals surface area contributed by atoms with E-state index in [0.29, 0.717) is 12.1 Å². The molecule has 0 atom stereocenters. The molecule has 1 aromatic heterocycles. The molecule has 0 aliphatic heterocycles. The summed E-state index contributed by atoms with van der Waals surface area (Å²) in [4.78, 5) is 6.73. The number of halogens is 4. The maximum Gasteiger partial charge on any atom is 0.264 e. The van der Waals surface area contributed by atoms with Gasteiger partial charge in [0.15, 0.2) is 0 Å². The van der Waals surface area contributed by atoms with Gasteiger partial charge in [-0.3, -0.25) is 4.72 Å². The molecule has 2 N–H and O–H groups in total. The van der Waals surface area contributed by atoms with Gasteiger partial charge in [-0.2, -0.15) is 0 Å². The highest BCUT2D eigenvalue weighted by Gasteiger charge is 2.22. The van der Waals surface area contributed by atoms with Crippen LogP contribution in [0.5, 0.6) is 0 Å². The second-order valence-electron chi connectivity index (χ2n) is 5.63. The number of sulfonamides is 1. The van der Waals surface area contributed by atoms with Crippen molar-refractivity contribution in [2.24, 2.45) is 0 Å². The predicted molar refractivity (Wildman–Crippen MR) is 106 cm³/mol. The largest absolute Gasteiger partial charge is 0.507 e. The van der Waals surface area contributed by atoms with Crippen LogP contribution in [0.4, 0.5) is 14.5 Å². The molecule has 1 heterocycles. The van der Waals surface area contributed by atoms with Crippen molar-refractivity contribution >= 4 is 50.7 Å². The van der Waals surface area contributed by atoms with E-state index in [-0.39, 0.29) is 33.0 Å². The minimum absolute atomic E-state index is 0.0312. The van der Waals surface area contributed by atoms with Gasteiger partial charge in [-0.25, -0.2) is 27.2 Å². The first-order chi connectivity index (χ1) is 13.7. The molecule has 6 nitrogen and oxygen atoms in total. The molecule has 0 saturated heterocycles. The van der Waals surface area contributed by atoms with Crippen LogP contribution in [0.3, 0.4) is 0 Å². The van der Waals surface area contributed by atoms with Crippen LogP contribution in [0.1, 0.15) is 11.3 Å². The first kappa shape index (κ1) is 21.0. The van der Waals surface area contributed by atoms with Crippen molar-refractivity contribution in [2.75, 3.05) is 4.72 Å². The Balaban J connectivity index is 1.98. The second kappa shape index (κ2) is 8.32. The summed E-state index contributed by atoms with van der Waals surface area (Å²) in [6.07, 6.45) is 2.63. The zero-order chi connectivity index (χ0) is 21.2. The number of hydrogen-bond acceptors (Lipinski definition) is 5. The molecular formula is C18H11Cl2F2N3O3S. The Labute approximate surface area is 174 Å². The molecule has 0 radical (unpaired) electrons. The molecular weight excluding hydrogens is 447 g/mol. The molecule has 0 amide bonds. The fourth-order valence-corrected chi connectivity index (χ4v) is 3.98. The van der Waals surface area contributed by atoms with E-state index < -0.39 is 26.6 Å². The Morgan fingerprint density at radius 3 is 2.62 bits per heavy atom. The van der Waals surface area contributed by atoms with E-state index in [4.69, 9.17) is 23.2 Å². The van der Waals surface area contributed by atoms with Crippen LogP contribution in [0.15, 0.2) is 53.6 Å². The van der Waals surface area contributed by atoms with E-state index in [2.05, 4.69) is 14.7 Å². The van der Waals surface area contributed by atoms with Crippen LogP contribution in [0, 0.1) is 11.6 Å². The number of aliphatic hydroxyl groups is 1. The van der Waals surface area contributed by atoms with Gasteiger partial charge >= 0.3 is 0 Å². The highest BCUT2D eigenvalue weighted by Crippen LogP contribution is 2.32. The maximum atomic E-state index is 13.9. The minimum Gasteiger partial charge on any atom is -0.507 e. The average molecular weight is 458 g/mol. The fraction of sp³-hybridized carbons (Fsp3) is 0. The molecule has 150 valence electrons. The third-order valence-electron chi connectivity index (χ3n) is 3.63. The Morgan fingerprint density at radius 2 is 1.90 bits per heavy atom. The molecule has 0 bridgehead atoms. The van der Waals surface area contributed by atoms with E-state index in [1.54, 1.807) is 0 Å². The van der Waals surface area contributed by atoms with Crippen molar-refractivity contribution in [3.8, 4) is 0 Å². The summed E-state index contributed by atoms with van der Waals surface area (Å²) in [5.74, 6) is -2.38. The minimum atomic E-state index is -4.48. The van der Waals surface area contributed by atoms with Gasteiger partial charge in [-0.05, 0) is 48.0 Å². The number of nitrogens with zero attached hydrogens (tertiary/aromatic N) is 2. The number of aliphatic hydroxyl groups excluding tert-OH is 1. The van der Waals surface area contributed by atoms with Crippen molar-refractivity contribution < 1.29 is 22.3 Å². The lowest BCUT2D eigenvalue weighted by Gasteiger charge is -2.13. The predicted octanol–water partition coefficient (Wildman–Crippen LogP) is 4.92. The Morgan fingerprint density at radius 1 is 1.14 bits per heavy atom. The average Bonchev–Trinajstić information content (AvgIpc) is 2.65. The molecule has 2 aromatic carbocycles. The summed E-state index contributed by atoms with van der Waals surface area (Å²) in [6, 6.07) is 7.67. The van der Waals surface area contributed by atoms with Crippen LogP contribution >= 0.6 is 23.2 Å². The third kappa shape index (κ3) is 4.81. The van der Waals surface area contributed by atoms with Crippen LogP contribution in [0.25, 0.3) is 11.8 Å². The van der Waals surface area contributed by atoms with Crippen molar-refractivity contribution in [1.29, 1.82) is 0 Å². The lowest BCUT2D eigenvalue weighted by atomic mass is 10.1. The van der Waals surface area contributed by atoms with Crippen molar-refractivity contribution in [2.45, 2.75) is 4.90 Å². The van der Waals surface area contributed by atoms with Gasteiger partial charge in [0.1, 0.15) is 22.3 Å². The SMILES string of the molecule is O=S(=O)(Nc1cccc(/C(O)=C\c2ccnc(Cl)n2)c1Cl)c1cc(F)ccc1F. The normalized spacial score (nSPS) is 12.1. The van der Waals surface area contributed by atoms with Gasteiger partial charge in [0.25, 0.3) is 10.0 Å². The van der Waals surface area contributed by atoms with Crippen molar-refractivity contribution in [3.05, 3.63) is 81.9 Å². The topological polar surface area (TPSA) is 92.2 Å². The van der Waals surface area contributed by atoms with Gasteiger partial charge in [0.2, 0.25) is 5.28 Å². The van der Waals surface area contributed by atoms with Crippen molar-refractivity contribution in [3.63, 3.8) is 0 Å². The standard InChI is InChI=1S/C18H11Cl2F2N3O3S/c19-17-12(15(26)9-11-6-7-23-18(20)24-11)2-1-3-14(17)25-29(27,28)16-8-10(21)4-5-13(16)22/h1-9,25-26H/b15-9+. The lowest BCUT2D eigenvalue weighted by molar-refractivity contribution is 0.515. The summed E-state index contributed by atoms with van der Waals surface area (Å²) in [5, 5.41) is 10.2. The number of nitrogens with one attached hydrogen (secondary N) is 1. The van der Waals surface area contributed by atoms with Crippen molar-refractivity contribution in [1.82, 2.24) is 9.97 Å². The first-order valence-electron chi connectivity index (χ1n) is 7.83. The van der Waals surface area contributed by atoms with Gasteiger partial charge < -0.3 is 5.11 Å². The van der Waals surface area contributed by atoms with E-state index >= 15 is 0 Å². The van der Waals surface area contributed by atoms with E-state index in [0.717, 1.165) is 6.07 Å². The number of anilines is 1. The Bertz CT molecular complexity index is 1220. The van der Waals surface area contributed by atoms with E-state index in [1.807, 2.05) is 0 Å². The summed E-state index contributed by atoms with van der Waals surface area (Å²) >= 11 is 11.9. The molecule has 3 aromatic rings. The zero-order valence-corrected chi connectivity index (χ0v) is 16.6. The van der Waals surface area contributed by atoms with Crippen LogP contribution < -0.4 is 4.72 Å². The smallest absolute Gasteiger partial charge is 0.264 e. The molecule has 0 saturated carbocycles. The molecule has 0 aliphatic rings. The summed E-state index contributed by atoms with van der Waals surface area (Å²) in [7, 11) is -4.48. The Hall–Kier alpha value is -2.75. The van der Waals surface area contributed by atoms with Crippen LogP contribution in [-0.2, 0) is 10.0 Å². The highest BCUT2D eigenvalue weighted by molar-refractivity contribution is 7.92. The molecule has 3 rings (SSSR count). The van der Waals surface area contributed by atoms with Gasteiger partial charge in [-0.1, -0.05) is 17.7 Å². The Kier molecular flexibility index (Phi) is 6.02. The number of benzene rings is 2. The van der Waals surface area contributed by atoms with E-state index in [9.17, 15) is 22.3 Å². The lowest BCUT2D eigenvalue weighted by Crippen LogP contribution is -2.15. The fourth-order valence-electron chi connectivity index (χ4n) is 2.34. The third-order valence-corrected chi connectivity index (χ3v) is 5.60. The summed E-state index contributed by atoms with van der Waals surface area (Å²) in [5.41, 5.74) is 0.209. The molecule has 29 heavy (non-hydrogen) atoms. The van der Waals surface area contributed by atoms with Crippen LogP contribution in [-0.4, -0.2) is 23.5 Å². The number of rotatable bonds is 5. The second-order valence-corrected chi connectivity index (χ2v) is 7.99. The molecule has 0 spiro atoms. The van der Waals surface area contributed by atoms with Gasteiger partial charge in [-0.15, -0.1) is 0 Å². The molecule has 0 fully saturated rings. The summed E-state index contributed by atoms with van der Waals surface area (Å²) in [6.45, 7) is 0. The van der Waals surface area contributed by atoms with Gasteiger partial charge in [0.05, 0.1) is 16.4 Å². The van der Waals surface area contributed by atoms with E-state index in [1.165, 1.54) is 36.5 Å². The quantitative estimate of drug-likeness (QED) is 0.419. The number of aromatic nitrogens is 2. The number of hydrogen-bond donors (Lipinski definition) is 2. The molecule has 0 aliphatic carbocycles. The summed E-state index contributed by atoms with van der Waals surface area (Å²) < 4.78 is 54.2. The zero-order valence-electron chi connectivity index (χ0n) is 14.3.